The molecule has 15 heavy (non-hydrogen) atoms. The van der Waals surface area contributed by atoms with Crippen molar-refractivity contribution in [2.75, 3.05) is 26.2 Å². The van der Waals surface area contributed by atoms with E-state index in [-0.39, 0.29) is 0 Å². The molecular weight excluding hydrogens is 190 g/mol. The Bertz CT molecular complexity index is 255. The lowest BCUT2D eigenvalue weighted by Gasteiger charge is -2.13. The highest BCUT2D eigenvalue weighted by atomic mass is 16.5. The lowest BCUT2D eigenvalue weighted by molar-refractivity contribution is 0.327. The van der Waals surface area contributed by atoms with Gasteiger partial charge in [0.05, 0.1) is 12.7 Å². The summed E-state index contributed by atoms with van der Waals surface area (Å²) in [5.41, 5.74) is 0. The summed E-state index contributed by atoms with van der Waals surface area (Å²) in [6.07, 6.45) is 5.66. The van der Waals surface area contributed by atoms with Gasteiger partial charge in [-0.1, -0.05) is 5.16 Å². The smallest absolute Gasteiger partial charge is 0.150 e. The number of hydrogen-bond acceptors (Lipinski definition) is 4. The van der Waals surface area contributed by atoms with E-state index >= 15 is 0 Å². The SMILES string of the molecule is c1cc(CNCCCN2CCCC2)on1. The maximum Gasteiger partial charge on any atom is 0.150 e. The molecule has 0 aromatic carbocycles. The van der Waals surface area contributed by atoms with Crippen molar-refractivity contribution in [2.24, 2.45) is 0 Å². The molecule has 0 saturated carbocycles. The lowest BCUT2D eigenvalue weighted by atomic mass is 10.3. The van der Waals surface area contributed by atoms with Gasteiger partial charge in [0, 0.05) is 6.07 Å². The van der Waals surface area contributed by atoms with Gasteiger partial charge >= 0.3 is 0 Å². The van der Waals surface area contributed by atoms with Crippen molar-refractivity contribution in [2.45, 2.75) is 25.8 Å². The second-order valence-electron chi connectivity index (χ2n) is 4.06. The van der Waals surface area contributed by atoms with E-state index in [9.17, 15) is 0 Å². The Morgan fingerprint density at radius 3 is 3.00 bits per heavy atom. The molecule has 4 nitrogen and oxygen atoms in total. The molecule has 84 valence electrons. The molecule has 2 rings (SSSR count). The van der Waals surface area contributed by atoms with Gasteiger partial charge in [-0.05, 0) is 45.4 Å². The van der Waals surface area contributed by atoms with Crippen molar-refractivity contribution < 1.29 is 4.52 Å². The van der Waals surface area contributed by atoms with Crippen molar-refractivity contribution in [3.63, 3.8) is 0 Å². The van der Waals surface area contributed by atoms with Gasteiger partial charge < -0.3 is 14.7 Å². The molecule has 1 N–H and O–H groups in total. The van der Waals surface area contributed by atoms with Crippen LogP contribution in [0.2, 0.25) is 0 Å². The van der Waals surface area contributed by atoms with E-state index in [4.69, 9.17) is 4.52 Å². The van der Waals surface area contributed by atoms with E-state index in [1.54, 1.807) is 6.20 Å². The first-order chi connectivity index (χ1) is 7.45. The fourth-order valence-electron chi connectivity index (χ4n) is 1.98. The van der Waals surface area contributed by atoms with Gasteiger partial charge in [-0.15, -0.1) is 0 Å². The number of likely N-dealkylation sites (tertiary alicyclic amines) is 1. The number of hydrogen-bond donors (Lipinski definition) is 1. The highest BCUT2D eigenvalue weighted by Crippen LogP contribution is 2.06. The fraction of sp³-hybridized carbons (Fsp3) is 0.727. The molecule has 1 fully saturated rings. The maximum atomic E-state index is 4.99. The number of rotatable bonds is 6. The highest BCUT2D eigenvalue weighted by molar-refractivity contribution is 4.91. The van der Waals surface area contributed by atoms with Crippen LogP contribution in [0.1, 0.15) is 25.0 Å². The summed E-state index contributed by atoms with van der Waals surface area (Å²) < 4.78 is 4.99. The monoisotopic (exact) mass is 209 g/mol. The summed E-state index contributed by atoms with van der Waals surface area (Å²) in [5.74, 6) is 0.913. The van der Waals surface area contributed by atoms with Gasteiger partial charge in [-0.3, -0.25) is 0 Å². The lowest BCUT2D eigenvalue weighted by Crippen LogP contribution is -2.24. The molecule has 0 aliphatic carbocycles. The van der Waals surface area contributed by atoms with Crippen molar-refractivity contribution in [1.82, 2.24) is 15.4 Å². The molecule has 0 bridgehead atoms. The molecule has 4 heteroatoms. The predicted octanol–water partition coefficient (Wildman–Crippen LogP) is 1.25. The minimum absolute atomic E-state index is 0.792. The Labute approximate surface area is 90.6 Å². The first kappa shape index (κ1) is 10.6. The van der Waals surface area contributed by atoms with Crippen LogP contribution in [0.3, 0.4) is 0 Å². The molecule has 1 aliphatic heterocycles. The Hall–Kier alpha value is -0.870. The minimum atomic E-state index is 0.792. The zero-order chi connectivity index (χ0) is 10.3. The third-order valence-corrected chi connectivity index (χ3v) is 2.82. The van der Waals surface area contributed by atoms with Crippen LogP contribution in [-0.2, 0) is 6.54 Å². The van der Waals surface area contributed by atoms with Gasteiger partial charge in [0.15, 0.2) is 0 Å². The number of nitrogens with one attached hydrogen (secondary N) is 1. The van der Waals surface area contributed by atoms with Crippen LogP contribution in [0, 0.1) is 0 Å². The largest absolute Gasteiger partial charge is 0.360 e. The maximum absolute atomic E-state index is 4.99. The zero-order valence-corrected chi connectivity index (χ0v) is 9.11. The van der Waals surface area contributed by atoms with Gasteiger partial charge in [-0.2, -0.15) is 0 Å². The minimum Gasteiger partial charge on any atom is -0.360 e. The molecule has 0 amide bonds. The third-order valence-electron chi connectivity index (χ3n) is 2.82. The molecule has 1 aromatic heterocycles. The first-order valence-electron chi connectivity index (χ1n) is 5.78. The summed E-state index contributed by atoms with van der Waals surface area (Å²) >= 11 is 0. The average molecular weight is 209 g/mol. The standard InChI is InChI=1S/C11H19N3O/c1-2-8-14(7-1)9-3-5-12-10-11-4-6-13-15-11/h4,6,12H,1-3,5,7-10H2. The van der Waals surface area contributed by atoms with E-state index in [1.807, 2.05) is 6.07 Å². The van der Waals surface area contributed by atoms with Gasteiger partial charge in [0.2, 0.25) is 0 Å². The second-order valence-corrected chi connectivity index (χ2v) is 4.06. The second kappa shape index (κ2) is 5.88. The van der Waals surface area contributed by atoms with Crippen LogP contribution in [0.5, 0.6) is 0 Å². The fourth-order valence-corrected chi connectivity index (χ4v) is 1.98. The summed E-state index contributed by atoms with van der Waals surface area (Å²) in [7, 11) is 0. The predicted molar refractivity (Wildman–Crippen MR) is 58.5 cm³/mol. The average Bonchev–Trinajstić information content (AvgIpc) is 2.88. The molecule has 0 spiro atoms. The molecule has 2 heterocycles. The van der Waals surface area contributed by atoms with Crippen LogP contribution in [-0.4, -0.2) is 36.2 Å². The van der Waals surface area contributed by atoms with Crippen molar-refractivity contribution in [3.8, 4) is 0 Å². The Kier molecular flexibility index (Phi) is 4.17. The van der Waals surface area contributed by atoms with Crippen LogP contribution >= 0.6 is 0 Å². The van der Waals surface area contributed by atoms with E-state index < -0.39 is 0 Å². The normalized spacial score (nSPS) is 17.3. The van der Waals surface area contributed by atoms with Crippen LogP contribution < -0.4 is 5.32 Å². The summed E-state index contributed by atoms with van der Waals surface area (Å²) in [6, 6.07) is 1.90. The number of aromatic nitrogens is 1. The Morgan fingerprint density at radius 1 is 1.40 bits per heavy atom. The Balaban J connectivity index is 1.48. The third kappa shape index (κ3) is 3.64. The highest BCUT2D eigenvalue weighted by Gasteiger charge is 2.09. The van der Waals surface area contributed by atoms with Crippen molar-refractivity contribution in [1.29, 1.82) is 0 Å². The molecule has 0 unspecified atom stereocenters. The van der Waals surface area contributed by atoms with E-state index in [0.717, 1.165) is 18.8 Å². The van der Waals surface area contributed by atoms with E-state index in [0.29, 0.717) is 0 Å². The molecule has 0 radical (unpaired) electrons. The molecule has 1 aliphatic rings. The molecule has 0 atom stereocenters. The first-order valence-corrected chi connectivity index (χ1v) is 5.78. The summed E-state index contributed by atoms with van der Waals surface area (Å²) in [6.45, 7) is 5.66. The topological polar surface area (TPSA) is 41.3 Å². The molecule has 1 aromatic rings. The van der Waals surface area contributed by atoms with Gasteiger partial charge in [0.1, 0.15) is 5.76 Å². The number of nitrogens with zero attached hydrogens (tertiary/aromatic N) is 2. The molecule has 1 saturated heterocycles. The zero-order valence-electron chi connectivity index (χ0n) is 9.11. The van der Waals surface area contributed by atoms with Crippen LogP contribution in [0.15, 0.2) is 16.8 Å². The van der Waals surface area contributed by atoms with E-state index in [2.05, 4.69) is 15.4 Å². The van der Waals surface area contributed by atoms with Crippen LogP contribution in [0.4, 0.5) is 0 Å². The molecular formula is C11H19N3O. The van der Waals surface area contributed by atoms with Gasteiger partial charge in [0.25, 0.3) is 0 Å². The van der Waals surface area contributed by atoms with Crippen molar-refractivity contribution in [3.05, 3.63) is 18.0 Å². The van der Waals surface area contributed by atoms with Crippen LogP contribution in [0.25, 0.3) is 0 Å². The Morgan fingerprint density at radius 2 is 2.27 bits per heavy atom. The van der Waals surface area contributed by atoms with E-state index in [1.165, 1.54) is 38.9 Å². The quantitative estimate of drug-likeness (QED) is 0.716. The van der Waals surface area contributed by atoms with Gasteiger partial charge in [-0.25, -0.2) is 0 Å². The summed E-state index contributed by atoms with van der Waals surface area (Å²) in [4.78, 5) is 2.54. The van der Waals surface area contributed by atoms with Crippen molar-refractivity contribution >= 4 is 0 Å². The summed E-state index contributed by atoms with van der Waals surface area (Å²) in [5, 5.41) is 7.01.